The molecule has 0 atom stereocenters. The molecule has 0 amide bonds. The molecular formula is C11H19N3O. The second-order valence-corrected chi connectivity index (χ2v) is 5.42. The van der Waals surface area contributed by atoms with Crippen LogP contribution in [0, 0.1) is 0 Å². The molecule has 4 nitrogen and oxygen atoms in total. The number of hydrogen-bond donors (Lipinski definition) is 2. The fourth-order valence-corrected chi connectivity index (χ4v) is 1.81. The van der Waals surface area contributed by atoms with Crippen LogP contribution in [-0.2, 0) is 18.1 Å². The van der Waals surface area contributed by atoms with E-state index in [2.05, 4.69) is 31.2 Å². The quantitative estimate of drug-likeness (QED) is 0.708. The third kappa shape index (κ3) is 1.68. The fourth-order valence-electron chi connectivity index (χ4n) is 1.81. The first-order valence-corrected chi connectivity index (χ1v) is 5.31. The van der Waals surface area contributed by atoms with Gasteiger partial charge in [0.15, 0.2) is 0 Å². The lowest BCUT2D eigenvalue weighted by Gasteiger charge is -2.37. The van der Waals surface area contributed by atoms with Crippen LogP contribution >= 0.6 is 0 Å². The first-order valence-electron chi connectivity index (χ1n) is 5.31. The lowest BCUT2D eigenvalue weighted by molar-refractivity contribution is -0.0217. The Morgan fingerprint density at radius 1 is 1.47 bits per heavy atom. The molecule has 1 fully saturated rings. The van der Waals surface area contributed by atoms with Gasteiger partial charge in [0.25, 0.3) is 0 Å². The molecule has 1 aromatic rings. The van der Waals surface area contributed by atoms with Crippen molar-refractivity contribution in [3.8, 4) is 0 Å². The molecular weight excluding hydrogens is 190 g/mol. The van der Waals surface area contributed by atoms with Crippen LogP contribution in [-0.4, -0.2) is 28.0 Å². The smallest absolute Gasteiger partial charge is 0.131 e. The molecule has 1 aromatic heterocycles. The molecule has 2 rings (SSSR count). The number of aryl methyl sites for hydroxylation is 1. The minimum atomic E-state index is -0.717. The van der Waals surface area contributed by atoms with Gasteiger partial charge < -0.3 is 10.4 Å². The Hall–Kier alpha value is -0.870. The number of nitrogens with zero attached hydrogens (tertiary/aromatic N) is 2. The van der Waals surface area contributed by atoms with Gasteiger partial charge in [0.1, 0.15) is 5.60 Å². The molecule has 2 N–H and O–H groups in total. The Kier molecular flexibility index (Phi) is 2.17. The summed E-state index contributed by atoms with van der Waals surface area (Å²) in [5.74, 6) is 0. The zero-order valence-corrected chi connectivity index (χ0v) is 9.83. The van der Waals surface area contributed by atoms with Gasteiger partial charge in [-0.15, -0.1) is 0 Å². The molecule has 0 aliphatic carbocycles. The van der Waals surface area contributed by atoms with Gasteiger partial charge in [-0.2, -0.15) is 5.10 Å². The second-order valence-electron chi connectivity index (χ2n) is 5.42. The molecule has 0 unspecified atom stereocenters. The highest BCUT2D eigenvalue weighted by Gasteiger charge is 2.39. The summed E-state index contributed by atoms with van der Waals surface area (Å²) >= 11 is 0. The summed E-state index contributed by atoms with van der Waals surface area (Å²) in [6.45, 7) is 7.62. The summed E-state index contributed by atoms with van der Waals surface area (Å²) in [4.78, 5) is 0. The zero-order chi connectivity index (χ0) is 11.3. The maximum absolute atomic E-state index is 10.2. The van der Waals surface area contributed by atoms with Gasteiger partial charge in [0.05, 0.1) is 11.4 Å². The summed E-state index contributed by atoms with van der Waals surface area (Å²) in [7, 11) is 1.89. The highest BCUT2D eigenvalue weighted by molar-refractivity contribution is 5.25. The maximum atomic E-state index is 10.2. The van der Waals surface area contributed by atoms with Gasteiger partial charge in [0.2, 0.25) is 0 Å². The monoisotopic (exact) mass is 209 g/mol. The van der Waals surface area contributed by atoms with Crippen LogP contribution in [0.25, 0.3) is 0 Å². The van der Waals surface area contributed by atoms with Crippen LogP contribution < -0.4 is 5.32 Å². The minimum absolute atomic E-state index is 0.0313. The van der Waals surface area contributed by atoms with Gasteiger partial charge in [0, 0.05) is 25.6 Å². The molecule has 1 saturated heterocycles. The van der Waals surface area contributed by atoms with E-state index in [0.717, 1.165) is 11.4 Å². The van der Waals surface area contributed by atoms with Gasteiger partial charge >= 0.3 is 0 Å². The maximum Gasteiger partial charge on any atom is 0.131 e. The Balaban J connectivity index is 2.38. The van der Waals surface area contributed by atoms with E-state index in [-0.39, 0.29) is 5.41 Å². The first-order chi connectivity index (χ1) is 6.83. The predicted octanol–water partition coefficient (Wildman–Crippen LogP) is 0.508. The van der Waals surface area contributed by atoms with Crippen LogP contribution in [0.3, 0.4) is 0 Å². The van der Waals surface area contributed by atoms with Gasteiger partial charge in [-0.1, -0.05) is 20.8 Å². The van der Waals surface area contributed by atoms with Crippen LogP contribution in [0.2, 0.25) is 0 Å². The normalized spacial score (nSPS) is 20.1. The number of aromatic nitrogens is 2. The number of β-amino-alcohol motifs (C(OH)–C–C–N with tert-alkyl or cyclic N) is 1. The van der Waals surface area contributed by atoms with E-state index in [0.29, 0.717) is 13.1 Å². The van der Waals surface area contributed by atoms with Crippen molar-refractivity contribution in [2.24, 2.45) is 7.05 Å². The van der Waals surface area contributed by atoms with Crippen LogP contribution in [0.1, 0.15) is 32.2 Å². The van der Waals surface area contributed by atoms with Crippen molar-refractivity contribution in [2.45, 2.75) is 31.8 Å². The highest BCUT2D eigenvalue weighted by atomic mass is 16.3. The van der Waals surface area contributed by atoms with Crippen LogP contribution in [0.4, 0.5) is 0 Å². The molecule has 1 aliphatic rings. The molecule has 0 bridgehead atoms. The first kappa shape index (κ1) is 10.6. The zero-order valence-electron chi connectivity index (χ0n) is 9.83. The van der Waals surface area contributed by atoms with E-state index in [4.69, 9.17) is 0 Å². The summed E-state index contributed by atoms with van der Waals surface area (Å²) in [6.07, 6.45) is 0. The lowest BCUT2D eigenvalue weighted by Crippen LogP contribution is -2.57. The summed E-state index contributed by atoms with van der Waals surface area (Å²) in [5.41, 5.74) is 1.25. The topological polar surface area (TPSA) is 50.1 Å². The Morgan fingerprint density at radius 2 is 2.07 bits per heavy atom. The van der Waals surface area contributed by atoms with Crippen LogP contribution in [0.5, 0.6) is 0 Å². The van der Waals surface area contributed by atoms with E-state index >= 15 is 0 Å². The van der Waals surface area contributed by atoms with Crippen molar-refractivity contribution in [1.82, 2.24) is 15.1 Å². The highest BCUT2D eigenvalue weighted by Crippen LogP contribution is 2.29. The largest absolute Gasteiger partial charge is 0.381 e. The molecule has 4 heteroatoms. The van der Waals surface area contributed by atoms with Gasteiger partial charge in [-0.25, -0.2) is 0 Å². The minimum Gasteiger partial charge on any atom is -0.381 e. The van der Waals surface area contributed by atoms with Crippen LogP contribution in [0.15, 0.2) is 6.07 Å². The summed E-state index contributed by atoms with van der Waals surface area (Å²) in [5, 5.41) is 17.8. The van der Waals surface area contributed by atoms with Gasteiger partial charge in [-0.3, -0.25) is 4.68 Å². The summed E-state index contributed by atoms with van der Waals surface area (Å²) < 4.78 is 1.79. The SMILES string of the molecule is Cn1nc(C(C)(C)C)cc1C1(O)CNC1. The summed E-state index contributed by atoms with van der Waals surface area (Å²) in [6, 6.07) is 2.01. The second kappa shape index (κ2) is 3.06. The van der Waals surface area contributed by atoms with E-state index in [1.54, 1.807) is 4.68 Å². The molecule has 84 valence electrons. The third-order valence-electron chi connectivity index (χ3n) is 2.96. The number of nitrogens with one attached hydrogen (secondary N) is 1. The predicted molar refractivity (Wildman–Crippen MR) is 58.7 cm³/mol. The molecule has 0 spiro atoms. The molecule has 2 heterocycles. The van der Waals surface area contributed by atoms with Gasteiger partial charge in [-0.05, 0) is 6.07 Å². The van der Waals surface area contributed by atoms with Crippen molar-refractivity contribution in [1.29, 1.82) is 0 Å². The van der Waals surface area contributed by atoms with Crippen molar-refractivity contribution in [2.75, 3.05) is 13.1 Å². The van der Waals surface area contributed by atoms with E-state index in [1.807, 2.05) is 13.1 Å². The Labute approximate surface area is 90.3 Å². The average Bonchev–Trinajstić information content (AvgIpc) is 2.42. The molecule has 1 aliphatic heterocycles. The number of hydrogen-bond acceptors (Lipinski definition) is 3. The molecule has 0 radical (unpaired) electrons. The molecule has 15 heavy (non-hydrogen) atoms. The van der Waals surface area contributed by atoms with E-state index in [1.165, 1.54) is 0 Å². The van der Waals surface area contributed by atoms with Crippen molar-refractivity contribution >= 4 is 0 Å². The number of aliphatic hydroxyl groups is 1. The molecule has 0 aromatic carbocycles. The molecule has 0 saturated carbocycles. The van der Waals surface area contributed by atoms with Crippen molar-refractivity contribution in [3.63, 3.8) is 0 Å². The van der Waals surface area contributed by atoms with E-state index in [9.17, 15) is 5.11 Å². The third-order valence-corrected chi connectivity index (χ3v) is 2.96. The Morgan fingerprint density at radius 3 is 2.40 bits per heavy atom. The van der Waals surface area contributed by atoms with Crippen molar-refractivity contribution < 1.29 is 5.11 Å². The van der Waals surface area contributed by atoms with Crippen molar-refractivity contribution in [3.05, 3.63) is 17.5 Å². The fraction of sp³-hybridized carbons (Fsp3) is 0.727. The standard InChI is InChI=1S/C11H19N3O/c1-10(2,3)8-5-9(14(4)13-8)11(15)6-12-7-11/h5,12,15H,6-7H2,1-4H3. The number of rotatable bonds is 1. The average molecular weight is 209 g/mol. The van der Waals surface area contributed by atoms with E-state index < -0.39 is 5.60 Å². The lowest BCUT2D eigenvalue weighted by atomic mass is 9.88. The Bertz CT molecular complexity index is 372.